The molecule has 164 valence electrons. The third-order valence-electron chi connectivity index (χ3n) is 5.23. The number of rotatable bonds is 6. The molecule has 2 aromatic carbocycles. The van der Waals surface area contributed by atoms with Crippen LogP contribution >= 0.6 is 11.8 Å². The van der Waals surface area contributed by atoms with Crippen LogP contribution in [0.2, 0.25) is 0 Å². The van der Waals surface area contributed by atoms with Gasteiger partial charge >= 0.3 is 6.09 Å². The molecule has 1 unspecified atom stereocenters. The van der Waals surface area contributed by atoms with Crippen LogP contribution in [0.25, 0.3) is 0 Å². The summed E-state index contributed by atoms with van der Waals surface area (Å²) >= 11 is 1.34. The number of ketones is 1. The summed E-state index contributed by atoms with van der Waals surface area (Å²) in [6.45, 7) is 5.62. The van der Waals surface area contributed by atoms with Gasteiger partial charge in [0.15, 0.2) is 5.78 Å². The standard InChI is InChI=1S/C24H28N2O4S/c1-24(2,3)26(23(29)30)19(16-17-10-6-4-7-11-17)21(28)25-15-14-20(27)22(25)31-18-12-8-5-9-13-18/h4-13,19,22H,14-16H2,1-3H3,(H,29,30)/t19-,22?/m0/s1. The van der Waals surface area contributed by atoms with E-state index in [1.807, 2.05) is 60.7 Å². The second-order valence-electron chi connectivity index (χ2n) is 8.56. The van der Waals surface area contributed by atoms with Crippen LogP contribution in [-0.4, -0.2) is 56.2 Å². The second kappa shape index (κ2) is 9.56. The van der Waals surface area contributed by atoms with Gasteiger partial charge in [-0.3, -0.25) is 14.5 Å². The lowest BCUT2D eigenvalue weighted by Gasteiger charge is -2.41. The Hall–Kier alpha value is -2.80. The van der Waals surface area contributed by atoms with Crippen molar-refractivity contribution in [3.63, 3.8) is 0 Å². The molecule has 0 aliphatic carbocycles. The van der Waals surface area contributed by atoms with Gasteiger partial charge in [0.2, 0.25) is 5.91 Å². The molecule has 0 radical (unpaired) electrons. The van der Waals surface area contributed by atoms with Crippen molar-refractivity contribution in [3.05, 3.63) is 66.2 Å². The fraction of sp³-hybridized carbons (Fsp3) is 0.375. The third-order valence-corrected chi connectivity index (χ3v) is 6.51. The number of nitrogens with zero attached hydrogens (tertiary/aromatic N) is 2. The fourth-order valence-corrected chi connectivity index (χ4v) is 4.99. The van der Waals surface area contributed by atoms with Crippen molar-refractivity contribution in [2.75, 3.05) is 6.54 Å². The number of carbonyl (C=O) groups is 3. The van der Waals surface area contributed by atoms with E-state index in [1.54, 1.807) is 25.7 Å². The highest BCUT2D eigenvalue weighted by atomic mass is 32.2. The first-order chi connectivity index (χ1) is 14.7. The van der Waals surface area contributed by atoms with Gasteiger partial charge in [-0.2, -0.15) is 0 Å². The Morgan fingerprint density at radius 3 is 2.23 bits per heavy atom. The molecular formula is C24H28N2O4S. The van der Waals surface area contributed by atoms with Gasteiger partial charge in [0.1, 0.15) is 11.4 Å². The van der Waals surface area contributed by atoms with Crippen LogP contribution in [0.4, 0.5) is 4.79 Å². The van der Waals surface area contributed by atoms with Crippen LogP contribution in [0.3, 0.4) is 0 Å². The maximum atomic E-state index is 13.7. The SMILES string of the molecule is CC(C)(C)N(C(=O)O)[C@@H](Cc1ccccc1)C(=O)N1CCC(=O)C1Sc1ccccc1. The minimum atomic E-state index is -1.15. The molecule has 2 atom stereocenters. The Morgan fingerprint density at radius 1 is 1.10 bits per heavy atom. The number of carboxylic acid groups (broad SMARTS) is 1. The Balaban J connectivity index is 1.94. The Bertz CT molecular complexity index is 928. The Labute approximate surface area is 187 Å². The van der Waals surface area contributed by atoms with Crippen LogP contribution in [0.5, 0.6) is 0 Å². The Kier molecular flexibility index (Phi) is 7.05. The summed E-state index contributed by atoms with van der Waals surface area (Å²) < 4.78 is 0. The zero-order chi connectivity index (χ0) is 22.6. The fourth-order valence-electron chi connectivity index (χ4n) is 3.83. The monoisotopic (exact) mass is 440 g/mol. The molecule has 3 rings (SSSR count). The maximum absolute atomic E-state index is 13.7. The van der Waals surface area contributed by atoms with Crippen LogP contribution in [0.1, 0.15) is 32.8 Å². The molecule has 0 spiro atoms. The molecule has 1 heterocycles. The number of amides is 2. The van der Waals surface area contributed by atoms with E-state index in [9.17, 15) is 19.5 Å². The number of Topliss-reactive ketones (excluding diaryl/α,β-unsaturated/α-hetero) is 1. The van der Waals surface area contributed by atoms with Crippen molar-refractivity contribution in [1.29, 1.82) is 0 Å². The summed E-state index contributed by atoms with van der Waals surface area (Å²) in [5, 5.41) is 9.34. The van der Waals surface area contributed by atoms with Gasteiger partial charge in [-0.1, -0.05) is 60.3 Å². The minimum Gasteiger partial charge on any atom is -0.465 e. The molecule has 1 fully saturated rings. The summed E-state index contributed by atoms with van der Waals surface area (Å²) in [5.41, 5.74) is 0.0846. The lowest BCUT2D eigenvalue weighted by atomic mass is 9.97. The van der Waals surface area contributed by atoms with Crippen molar-refractivity contribution >= 4 is 29.5 Å². The summed E-state index contributed by atoms with van der Waals surface area (Å²) in [5.74, 6) is -0.348. The summed E-state index contributed by atoms with van der Waals surface area (Å²) in [4.78, 5) is 42.3. The number of benzene rings is 2. The largest absolute Gasteiger partial charge is 0.465 e. The van der Waals surface area contributed by atoms with E-state index in [1.165, 1.54) is 16.7 Å². The molecule has 1 N–H and O–H groups in total. The highest BCUT2D eigenvalue weighted by molar-refractivity contribution is 8.00. The number of hydrogen-bond donors (Lipinski definition) is 1. The van der Waals surface area contributed by atoms with Gasteiger partial charge in [0.05, 0.1) is 0 Å². The third kappa shape index (κ3) is 5.47. The quantitative estimate of drug-likeness (QED) is 0.725. The van der Waals surface area contributed by atoms with Crippen molar-refractivity contribution in [1.82, 2.24) is 9.80 Å². The second-order valence-corrected chi connectivity index (χ2v) is 9.71. The predicted molar refractivity (Wildman–Crippen MR) is 121 cm³/mol. The van der Waals surface area contributed by atoms with Gasteiger partial charge in [0, 0.05) is 29.8 Å². The lowest BCUT2D eigenvalue weighted by Crippen LogP contribution is -2.58. The topological polar surface area (TPSA) is 77.9 Å². The Morgan fingerprint density at radius 2 is 1.68 bits per heavy atom. The summed E-state index contributed by atoms with van der Waals surface area (Å²) in [7, 11) is 0. The molecule has 0 bridgehead atoms. The molecule has 1 aliphatic heterocycles. The van der Waals surface area contributed by atoms with Gasteiger partial charge < -0.3 is 10.0 Å². The van der Waals surface area contributed by atoms with Crippen LogP contribution < -0.4 is 0 Å². The van der Waals surface area contributed by atoms with E-state index in [4.69, 9.17) is 0 Å². The number of likely N-dealkylation sites (tertiary alicyclic amines) is 1. The maximum Gasteiger partial charge on any atom is 0.408 e. The van der Waals surface area contributed by atoms with Crippen molar-refractivity contribution in [2.24, 2.45) is 0 Å². The molecule has 1 aliphatic rings. The van der Waals surface area contributed by atoms with Gasteiger partial charge in [0.25, 0.3) is 0 Å². The molecule has 0 aromatic heterocycles. The van der Waals surface area contributed by atoms with Crippen molar-refractivity contribution in [2.45, 2.75) is 55.5 Å². The van der Waals surface area contributed by atoms with Crippen LogP contribution in [0, 0.1) is 0 Å². The highest BCUT2D eigenvalue weighted by Gasteiger charge is 2.44. The van der Waals surface area contributed by atoms with E-state index < -0.39 is 23.0 Å². The summed E-state index contributed by atoms with van der Waals surface area (Å²) in [6.07, 6.45) is -0.632. The normalized spacial score (nSPS) is 17.5. The number of thioether (sulfide) groups is 1. The van der Waals surface area contributed by atoms with E-state index >= 15 is 0 Å². The average Bonchev–Trinajstić information content (AvgIpc) is 3.07. The molecular weight excluding hydrogens is 412 g/mol. The van der Waals surface area contributed by atoms with E-state index in [2.05, 4.69) is 0 Å². The average molecular weight is 441 g/mol. The van der Waals surface area contributed by atoms with Crippen LogP contribution in [0.15, 0.2) is 65.6 Å². The van der Waals surface area contributed by atoms with Crippen molar-refractivity contribution < 1.29 is 19.5 Å². The molecule has 0 saturated carbocycles. The van der Waals surface area contributed by atoms with Gasteiger partial charge in [-0.25, -0.2) is 4.79 Å². The highest BCUT2D eigenvalue weighted by Crippen LogP contribution is 2.33. The molecule has 1 saturated heterocycles. The molecule has 7 heteroatoms. The molecule has 6 nitrogen and oxygen atoms in total. The first-order valence-electron chi connectivity index (χ1n) is 10.3. The zero-order valence-electron chi connectivity index (χ0n) is 18.0. The van der Waals surface area contributed by atoms with E-state index in [-0.39, 0.29) is 24.5 Å². The zero-order valence-corrected chi connectivity index (χ0v) is 18.8. The molecule has 2 amide bonds. The van der Waals surface area contributed by atoms with Crippen LogP contribution in [-0.2, 0) is 16.0 Å². The van der Waals surface area contributed by atoms with Crippen molar-refractivity contribution in [3.8, 4) is 0 Å². The van der Waals surface area contributed by atoms with Gasteiger partial charge in [-0.05, 0) is 38.5 Å². The smallest absolute Gasteiger partial charge is 0.408 e. The number of carbonyl (C=O) groups excluding carboxylic acids is 2. The molecule has 2 aromatic rings. The van der Waals surface area contributed by atoms with E-state index in [0.717, 1.165) is 10.5 Å². The van der Waals surface area contributed by atoms with Gasteiger partial charge in [-0.15, -0.1) is 0 Å². The number of hydrogen-bond acceptors (Lipinski definition) is 4. The summed E-state index contributed by atoms with van der Waals surface area (Å²) in [6, 6.07) is 17.9. The molecule has 31 heavy (non-hydrogen) atoms. The minimum absolute atomic E-state index is 0.0155. The first kappa shape index (κ1) is 22.9. The van der Waals surface area contributed by atoms with E-state index in [0.29, 0.717) is 6.54 Å². The first-order valence-corrected chi connectivity index (χ1v) is 11.2. The predicted octanol–water partition coefficient (Wildman–Crippen LogP) is 4.30. The lowest BCUT2D eigenvalue weighted by molar-refractivity contribution is -0.138.